The van der Waals surface area contributed by atoms with Gasteiger partial charge in [0.05, 0.1) is 0 Å². The molecular formula is C21H24N2O2. The number of nitrogens with one attached hydrogen (secondary N) is 1. The van der Waals surface area contributed by atoms with Crippen LogP contribution in [0.25, 0.3) is 0 Å². The molecule has 0 spiro atoms. The normalized spacial score (nSPS) is 13.3. The quantitative estimate of drug-likeness (QED) is 0.911. The highest BCUT2D eigenvalue weighted by molar-refractivity contribution is 6.05. The SMILES string of the molecule is CCC(=O)N1CCCc2ccc(NC(=O)c3ccc(C)c(C)c3)cc21. The number of hydrogen-bond acceptors (Lipinski definition) is 2. The van der Waals surface area contributed by atoms with Gasteiger partial charge >= 0.3 is 0 Å². The van der Waals surface area contributed by atoms with Gasteiger partial charge in [0, 0.05) is 29.9 Å². The van der Waals surface area contributed by atoms with E-state index in [4.69, 9.17) is 0 Å². The van der Waals surface area contributed by atoms with E-state index in [1.54, 1.807) is 0 Å². The summed E-state index contributed by atoms with van der Waals surface area (Å²) < 4.78 is 0. The predicted octanol–water partition coefficient (Wildman–Crippen LogP) is 4.24. The molecule has 1 N–H and O–H groups in total. The van der Waals surface area contributed by atoms with E-state index in [0.717, 1.165) is 41.9 Å². The molecule has 2 aromatic rings. The zero-order valence-electron chi connectivity index (χ0n) is 15.1. The Kier molecular flexibility index (Phi) is 4.88. The second kappa shape index (κ2) is 7.09. The van der Waals surface area contributed by atoms with Crippen molar-refractivity contribution in [1.29, 1.82) is 0 Å². The molecule has 0 fully saturated rings. The van der Waals surface area contributed by atoms with E-state index >= 15 is 0 Å². The molecule has 0 radical (unpaired) electrons. The minimum atomic E-state index is -0.132. The lowest BCUT2D eigenvalue weighted by Gasteiger charge is -2.29. The first kappa shape index (κ1) is 17.2. The van der Waals surface area contributed by atoms with Crippen molar-refractivity contribution in [2.24, 2.45) is 0 Å². The van der Waals surface area contributed by atoms with Gasteiger partial charge in [0.25, 0.3) is 5.91 Å². The standard InChI is InChI=1S/C21H24N2O2/c1-4-20(24)23-11-5-6-16-9-10-18(13-19(16)23)22-21(25)17-8-7-14(2)15(3)12-17/h7-10,12-13H,4-6,11H2,1-3H3,(H,22,25). The van der Waals surface area contributed by atoms with Gasteiger partial charge in [-0.25, -0.2) is 0 Å². The van der Waals surface area contributed by atoms with Gasteiger partial charge in [0.15, 0.2) is 0 Å². The van der Waals surface area contributed by atoms with Crippen LogP contribution >= 0.6 is 0 Å². The molecule has 0 saturated carbocycles. The highest BCUT2D eigenvalue weighted by atomic mass is 16.2. The first-order valence-corrected chi connectivity index (χ1v) is 8.81. The Balaban J connectivity index is 1.85. The molecule has 3 rings (SSSR count). The van der Waals surface area contributed by atoms with Gasteiger partial charge in [-0.3, -0.25) is 9.59 Å². The lowest BCUT2D eigenvalue weighted by atomic mass is 10.0. The molecular weight excluding hydrogens is 312 g/mol. The number of fused-ring (bicyclic) bond motifs is 1. The van der Waals surface area contributed by atoms with Crippen molar-refractivity contribution in [3.05, 3.63) is 58.7 Å². The first-order chi connectivity index (χ1) is 12.0. The summed E-state index contributed by atoms with van der Waals surface area (Å²) in [5.74, 6) is -0.00851. The molecule has 0 aliphatic carbocycles. The maximum Gasteiger partial charge on any atom is 0.255 e. The highest BCUT2D eigenvalue weighted by Gasteiger charge is 2.22. The molecule has 0 atom stereocenters. The third kappa shape index (κ3) is 3.58. The number of amides is 2. The van der Waals surface area contributed by atoms with Crippen molar-refractivity contribution in [2.45, 2.75) is 40.0 Å². The van der Waals surface area contributed by atoms with Gasteiger partial charge in [-0.2, -0.15) is 0 Å². The number of anilines is 2. The molecule has 0 bridgehead atoms. The van der Waals surface area contributed by atoms with E-state index in [9.17, 15) is 9.59 Å². The minimum Gasteiger partial charge on any atom is -0.322 e. The van der Waals surface area contributed by atoms with E-state index in [0.29, 0.717) is 12.0 Å². The lowest BCUT2D eigenvalue weighted by molar-refractivity contribution is -0.118. The Morgan fingerprint density at radius 3 is 2.60 bits per heavy atom. The zero-order chi connectivity index (χ0) is 18.0. The summed E-state index contributed by atoms with van der Waals surface area (Å²) in [6, 6.07) is 11.5. The van der Waals surface area contributed by atoms with Gasteiger partial charge in [0.2, 0.25) is 5.91 Å². The molecule has 0 unspecified atom stereocenters. The molecule has 0 aromatic heterocycles. The number of nitrogens with zero attached hydrogens (tertiary/aromatic N) is 1. The molecule has 25 heavy (non-hydrogen) atoms. The predicted molar refractivity (Wildman–Crippen MR) is 101 cm³/mol. The molecule has 1 aliphatic rings. The molecule has 2 amide bonds. The van der Waals surface area contributed by atoms with E-state index in [-0.39, 0.29) is 11.8 Å². The fraction of sp³-hybridized carbons (Fsp3) is 0.333. The van der Waals surface area contributed by atoms with Crippen molar-refractivity contribution in [3.63, 3.8) is 0 Å². The Morgan fingerprint density at radius 1 is 1.08 bits per heavy atom. The molecule has 4 heteroatoms. The van der Waals surface area contributed by atoms with Crippen LogP contribution in [0.4, 0.5) is 11.4 Å². The molecule has 4 nitrogen and oxygen atoms in total. The maximum absolute atomic E-state index is 12.5. The van der Waals surface area contributed by atoms with Gasteiger partial charge < -0.3 is 10.2 Å². The van der Waals surface area contributed by atoms with Gasteiger partial charge in [0.1, 0.15) is 0 Å². The van der Waals surface area contributed by atoms with Crippen LogP contribution in [-0.2, 0) is 11.2 Å². The molecule has 0 saturated heterocycles. The first-order valence-electron chi connectivity index (χ1n) is 8.81. The number of rotatable bonds is 3. The number of carbonyl (C=O) groups is 2. The summed E-state index contributed by atoms with van der Waals surface area (Å²) in [6.45, 7) is 6.65. The van der Waals surface area contributed by atoms with Crippen LogP contribution in [0.2, 0.25) is 0 Å². The monoisotopic (exact) mass is 336 g/mol. The van der Waals surface area contributed by atoms with Gasteiger partial charge in [-0.1, -0.05) is 19.1 Å². The summed E-state index contributed by atoms with van der Waals surface area (Å²) in [5, 5.41) is 2.96. The Bertz CT molecular complexity index is 827. The fourth-order valence-corrected chi connectivity index (χ4v) is 3.19. The number of benzene rings is 2. The third-order valence-electron chi connectivity index (χ3n) is 4.83. The van der Waals surface area contributed by atoms with Gasteiger partial charge in [-0.15, -0.1) is 0 Å². The van der Waals surface area contributed by atoms with Crippen molar-refractivity contribution >= 4 is 23.2 Å². The fourth-order valence-electron chi connectivity index (χ4n) is 3.19. The van der Waals surface area contributed by atoms with Crippen molar-refractivity contribution < 1.29 is 9.59 Å². The van der Waals surface area contributed by atoms with Crippen LogP contribution < -0.4 is 10.2 Å². The molecule has 2 aromatic carbocycles. The molecule has 130 valence electrons. The van der Waals surface area contributed by atoms with E-state index < -0.39 is 0 Å². The number of carbonyl (C=O) groups excluding carboxylic acids is 2. The van der Waals surface area contributed by atoms with Crippen LogP contribution in [-0.4, -0.2) is 18.4 Å². The topological polar surface area (TPSA) is 49.4 Å². The van der Waals surface area contributed by atoms with Crippen LogP contribution in [0.5, 0.6) is 0 Å². The molecule has 1 aliphatic heterocycles. The number of hydrogen-bond donors (Lipinski definition) is 1. The van der Waals surface area contributed by atoms with Crippen molar-refractivity contribution in [2.75, 3.05) is 16.8 Å². The smallest absolute Gasteiger partial charge is 0.255 e. The van der Waals surface area contributed by atoms with Crippen molar-refractivity contribution in [1.82, 2.24) is 0 Å². The second-order valence-electron chi connectivity index (χ2n) is 6.60. The van der Waals surface area contributed by atoms with Crippen molar-refractivity contribution in [3.8, 4) is 0 Å². The van der Waals surface area contributed by atoms with E-state index in [1.165, 1.54) is 5.56 Å². The summed E-state index contributed by atoms with van der Waals surface area (Å²) >= 11 is 0. The highest BCUT2D eigenvalue weighted by Crippen LogP contribution is 2.30. The third-order valence-corrected chi connectivity index (χ3v) is 4.83. The summed E-state index contributed by atoms with van der Waals surface area (Å²) in [4.78, 5) is 26.6. The summed E-state index contributed by atoms with van der Waals surface area (Å²) in [5.41, 5.74) is 5.71. The average Bonchev–Trinajstić information content (AvgIpc) is 2.62. The van der Waals surface area contributed by atoms with E-state index in [2.05, 4.69) is 5.32 Å². The zero-order valence-corrected chi connectivity index (χ0v) is 15.1. The average molecular weight is 336 g/mol. The van der Waals surface area contributed by atoms with E-state index in [1.807, 2.05) is 62.1 Å². The second-order valence-corrected chi connectivity index (χ2v) is 6.60. The Hall–Kier alpha value is -2.62. The molecule has 1 heterocycles. The Morgan fingerprint density at radius 2 is 1.88 bits per heavy atom. The summed E-state index contributed by atoms with van der Waals surface area (Å²) in [7, 11) is 0. The van der Waals surface area contributed by atoms with Crippen LogP contribution in [0, 0.1) is 13.8 Å². The van der Waals surface area contributed by atoms with Crippen LogP contribution in [0.1, 0.15) is 46.8 Å². The lowest BCUT2D eigenvalue weighted by Crippen LogP contribution is -2.35. The van der Waals surface area contributed by atoms with Gasteiger partial charge in [-0.05, 0) is 67.6 Å². The largest absolute Gasteiger partial charge is 0.322 e. The van der Waals surface area contributed by atoms with Crippen LogP contribution in [0.15, 0.2) is 36.4 Å². The maximum atomic E-state index is 12.5. The van der Waals surface area contributed by atoms with Crippen LogP contribution in [0.3, 0.4) is 0 Å². The minimum absolute atomic E-state index is 0.124. The number of aryl methyl sites for hydroxylation is 3. The summed E-state index contributed by atoms with van der Waals surface area (Å²) in [6.07, 6.45) is 2.43. The Labute approximate surface area is 148 Å².